The maximum Gasteiger partial charge on any atom is 0.312 e. The summed E-state index contributed by atoms with van der Waals surface area (Å²) in [4.78, 5) is 45.5. The summed E-state index contributed by atoms with van der Waals surface area (Å²) in [6.45, 7) is 14.6. The van der Waals surface area contributed by atoms with E-state index in [1.54, 1.807) is 39.8 Å². The van der Waals surface area contributed by atoms with Gasteiger partial charge in [0.25, 0.3) is 11.7 Å². The van der Waals surface area contributed by atoms with Crippen LogP contribution in [-0.2, 0) is 28.6 Å². The molecule has 6 N–H and O–H groups in total. The fourth-order valence-electron chi connectivity index (χ4n) is 7.22. The minimum atomic E-state index is -2.05. The number of hydrogen-bond donors (Lipinski definition) is 6. The van der Waals surface area contributed by atoms with E-state index in [0.717, 1.165) is 12.6 Å². The number of methoxy groups -OCH3 is 1. The molecule has 9 atom stereocenters. The number of ketones is 1. The molecule has 3 heterocycles. The number of ether oxygens (including phenoxy) is 4. The number of carbonyl (C=O) groups is 3. The summed E-state index contributed by atoms with van der Waals surface area (Å²) >= 11 is 0. The number of phenolic OH excluding ortho intramolecular Hbond substituents is 3. The van der Waals surface area contributed by atoms with E-state index in [1.165, 1.54) is 53.2 Å². The number of Topliss-reactive ketones (excluding diaryl/α,β-unsaturated/α-hetero) is 1. The molecule has 0 spiro atoms. The van der Waals surface area contributed by atoms with Crippen molar-refractivity contribution in [3.63, 3.8) is 0 Å². The lowest BCUT2D eigenvalue weighted by molar-refractivity contribution is -0.160. The van der Waals surface area contributed by atoms with Crippen LogP contribution in [0, 0.1) is 30.6 Å². The fraction of sp³-hybridized carbons (Fsp3) is 0.524. The van der Waals surface area contributed by atoms with Gasteiger partial charge in [-0.2, -0.15) is 0 Å². The van der Waals surface area contributed by atoms with Crippen LogP contribution in [0.3, 0.4) is 0 Å². The number of phenols is 3. The number of aliphatic hydroxyl groups excluding tert-OH is 2. The van der Waals surface area contributed by atoms with Crippen molar-refractivity contribution in [3.05, 3.63) is 52.8 Å². The fourth-order valence-corrected chi connectivity index (χ4v) is 7.22. The number of allylic oxidation sites excluding steroid dienone is 2. The average molecular weight is 797 g/mol. The Balaban J connectivity index is 1.96. The number of fused-ring (bicyclic) bond motifs is 14. The Morgan fingerprint density at radius 3 is 2.30 bits per heavy atom. The number of esters is 1. The molecule has 5 bridgehead atoms. The average Bonchev–Trinajstić information content (AvgIpc) is 3.43. The number of unbranched alkanes of at least 4 members (excludes halogenated alkanes) is 1. The second-order valence-electron chi connectivity index (χ2n) is 15.0. The van der Waals surface area contributed by atoms with Gasteiger partial charge in [0.2, 0.25) is 0 Å². The molecule has 5 rings (SSSR count). The molecule has 312 valence electrons. The van der Waals surface area contributed by atoms with E-state index < -0.39 is 88.8 Å². The van der Waals surface area contributed by atoms with Gasteiger partial charge in [-0.05, 0) is 26.3 Å². The number of hydrogen-bond acceptors (Lipinski definition) is 14. The van der Waals surface area contributed by atoms with Gasteiger partial charge in [0.15, 0.2) is 5.75 Å². The van der Waals surface area contributed by atoms with Crippen molar-refractivity contribution in [3.8, 4) is 23.0 Å². The van der Waals surface area contributed by atoms with Crippen molar-refractivity contribution in [2.75, 3.05) is 19.0 Å². The molecule has 0 aliphatic carbocycles. The van der Waals surface area contributed by atoms with E-state index in [9.17, 15) is 39.9 Å². The second-order valence-corrected chi connectivity index (χ2v) is 15.0. The molecule has 2 aromatic rings. The van der Waals surface area contributed by atoms with Crippen LogP contribution in [0.5, 0.6) is 23.0 Å². The van der Waals surface area contributed by atoms with Crippen molar-refractivity contribution in [1.29, 1.82) is 0 Å². The topological polar surface area (TPSA) is 223 Å². The molecule has 15 heteroatoms. The number of anilines is 1. The Kier molecular flexibility index (Phi) is 14.4. The summed E-state index contributed by atoms with van der Waals surface area (Å²) in [6.07, 6.45) is 6.05. The molecule has 0 radical (unpaired) electrons. The predicted molar refractivity (Wildman–Crippen MR) is 212 cm³/mol. The van der Waals surface area contributed by atoms with Crippen molar-refractivity contribution in [2.45, 2.75) is 105 Å². The maximum atomic E-state index is 14.3. The zero-order valence-corrected chi connectivity index (χ0v) is 34.2. The van der Waals surface area contributed by atoms with Crippen LogP contribution in [0.15, 0.2) is 41.3 Å². The number of oxime groups is 1. The highest BCUT2D eigenvalue weighted by Crippen LogP contribution is 2.55. The summed E-state index contributed by atoms with van der Waals surface area (Å²) in [5, 5.41) is 63.8. The van der Waals surface area contributed by atoms with Crippen LogP contribution in [-0.4, -0.2) is 93.3 Å². The number of aromatic hydroxyl groups is 3. The zero-order chi connectivity index (χ0) is 42.5. The minimum Gasteiger partial charge on any atom is -0.507 e. The van der Waals surface area contributed by atoms with Gasteiger partial charge in [0, 0.05) is 61.2 Å². The molecule has 3 aliphatic rings. The SMILES string of the molecule is CCCCO/N=C\c1c2c(O)c3c(O)c(C)c4c(c3c1O)C(=O)C(C)(O/C=C\C(OC)C(C)C(OC(C)=O)C(C)C(O)C(C)C(O)C(C)/C=C\C=C(\C)C(=O)N2)O4. The third-order valence-corrected chi connectivity index (χ3v) is 10.9. The highest BCUT2D eigenvalue weighted by atomic mass is 16.7. The number of nitrogens with one attached hydrogen (secondary N) is 1. The lowest BCUT2D eigenvalue weighted by Gasteiger charge is -2.38. The van der Waals surface area contributed by atoms with E-state index >= 15 is 0 Å². The summed E-state index contributed by atoms with van der Waals surface area (Å²) in [5.74, 6) is -8.58. The molecular weight excluding hydrogens is 740 g/mol. The number of aliphatic hydroxyl groups is 2. The first-order chi connectivity index (χ1) is 26.8. The van der Waals surface area contributed by atoms with Crippen LogP contribution < -0.4 is 10.1 Å². The van der Waals surface area contributed by atoms with E-state index in [-0.39, 0.29) is 51.1 Å². The summed E-state index contributed by atoms with van der Waals surface area (Å²) in [6, 6.07) is 0. The normalized spacial score (nSPS) is 30.7. The molecule has 2 aromatic carbocycles. The Morgan fingerprint density at radius 2 is 1.67 bits per heavy atom. The number of rotatable bonds is 7. The van der Waals surface area contributed by atoms with Gasteiger partial charge < -0.3 is 54.6 Å². The van der Waals surface area contributed by atoms with E-state index in [0.29, 0.717) is 6.42 Å². The van der Waals surface area contributed by atoms with Crippen LogP contribution in [0.1, 0.15) is 89.7 Å². The molecule has 15 nitrogen and oxygen atoms in total. The molecule has 0 fully saturated rings. The van der Waals surface area contributed by atoms with E-state index in [2.05, 4.69) is 10.5 Å². The van der Waals surface area contributed by atoms with Crippen LogP contribution >= 0.6 is 0 Å². The number of nitrogens with zero attached hydrogens (tertiary/aromatic N) is 1. The Labute approximate surface area is 332 Å². The maximum absolute atomic E-state index is 14.3. The molecular formula is C42H56N2O13. The largest absolute Gasteiger partial charge is 0.507 e. The number of carbonyl (C=O) groups excluding carboxylic acids is 3. The van der Waals surface area contributed by atoms with Crippen molar-refractivity contribution < 1.29 is 63.7 Å². The second kappa shape index (κ2) is 18.4. The van der Waals surface area contributed by atoms with Gasteiger partial charge in [-0.3, -0.25) is 14.4 Å². The third kappa shape index (κ3) is 9.05. The molecule has 0 aromatic heterocycles. The standard InChI is InChI=1S/C42H56N2O13/c1-11-12-17-55-43-19-27-32-37(50)30-29(36(27)49)31-39(25(7)35(30)48)57-42(9,40(31)51)54-18-16-28(53-10)22(4)38(56-26(8)45)24(6)34(47)23(5)33(46)20(2)14-13-15-21(3)41(52)44-32/h13-16,18-20,22-24,28,33-34,38,46-50H,11-12,17H2,1-10H3,(H,44,52)/b14-13-,18-16-,21-15-,43-19-. The summed E-state index contributed by atoms with van der Waals surface area (Å²) in [5.41, 5.74) is -0.577. The van der Waals surface area contributed by atoms with Gasteiger partial charge in [0.05, 0.1) is 53.0 Å². The highest BCUT2D eigenvalue weighted by Gasteiger charge is 2.50. The Bertz CT molecular complexity index is 1970. The molecule has 3 aliphatic heterocycles. The predicted octanol–water partition coefficient (Wildman–Crippen LogP) is 5.90. The Morgan fingerprint density at radius 1 is 0.982 bits per heavy atom. The van der Waals surface area contributed by atoms with E-state index in [1.807, 2.05) is 6.92 Å². The lowest BCUT2D eigenvalue weighted by Crippen LogP contribution is -2.46. The molecule has 0 saturated heterocycles. The van der Waals surface area contributed by atoms with Gasteiger partial charge in [-0.25, -0.2) is 0 Å². The van der Waals surface area contributed by atoms with Crippen molar-refractivity contribution in [1.82, 2.24) is 0 Å². The molecule has 57 heavy (non-hydrogen) atoms. The van der Waals surface area contributed by atoms with Gasteiger partial charge in [-0.1, -0.05) is 64.4 Å². The highest BCUT2D eigenvalue weighted by molar-refractivity contribution is 6.23. The molecule has 0 saturated carbocycles. The number of amides is 1. The smallest absolute Gasteiger partial charge is 0.312 e. The monoisotopic (exact) mass is 796 g/mol. The van der Waals surface area contributed by atoms with Crippen LogP contribution in [0.25, 0.3) is 10.8 Å². The van der Waals surface area contributed by atoms with Crippen LogP contribution in [0.2, 0.25) is 0 Å². The molecule has 9 unspecified atom stereocenters. The zero-order valence-electron chi connectivity index (χ0n) is 34.2. The minimum absolute atomic E-state index is 0.0378. The quantitative estimate of drug-likeness (QED) is 0.0480. The number of benzene rings is 2. The lowest BCUT2D eigenvalue weighted by atomic mass is 9.78. The Hall–Kier alpha value is -5.12. The third-order valence-electron chi connectivity index (χ3n) is 10.9. The summed E-state index contributed by atoms with van der Waals surface area (Å²) < 4.78 is 23.5. The first kappa shape index (κ1) is 44.6. The van der Waals surface area contributed by atoms with Crippen molar-refractivity contribution >= 4 is 40.3 Å². The van der Waals surface area contributed by atoms with Crippen LogP contribution in [0.4, 0.5) is 5.69 Å². The van der Waals surface area contributed by atoms with Gasteiger partial charge in [-0.15, -0.1) is 0 Å². The first-order valence-corrected chi connectivity index (χ1v) is 19.1. The van der Waals surface area contributed by atoms with E-state index in [4.69, 9.17) is 23.8 Å². The first-order valence-electron chi connectivity index (χ1n) is 19.1. The van der Waals surface area contributed by atoms with Crippen molar-refractivity contribution in [2.24, 2.45) is 28.8 Å². The summed E-state index contributed by atoms with van der Waals surface area (Å²) in [7, 11) is 1.43. The van der Waals surface area contributed by atoms with Gasteiger partial charge in [0.1, 0.15) is 30.0 Å². The molecule has 1 amide bonds. The van der Waals surface area contributed by atoms with Gasteiger partial charge >= 0.3 is 11.8 Å².